The highest BCUT2D eigenvalue weighted by Gasteiger charge is 2.25. The number of aromatic hydroxyl groups is 6. The van der Waals surface area contributed by atoms with E-state index >= 15 is 0 Å². The number of carbonyl (C=O) groups excluding carboxylic acids is 3. The molecule has 14 nitrogen and oxygen atoms in total. The summed E-state index contributed by atoms with van der Waals surface area (Å²) in [6, 6.07) is 70.8. The van der Waals surface area contributed by atoms with Gasteiger partial charge >= 0.3 is 0 Å². The highest BCUT2D eigenvalue weighted by atomic mass is 19.1. The van der Waals surface area contributed by atoms with Crippen molar-refractivity contribution in [3.05, 3.63) is 353 Å². The Morgan fingerprint density at radius 2 is 0.824 bits per heavy atom. The normalized spacial score (nSPS) is 10.2. The summed E-state index contributed by atoms with van der Waals surface area (Å²) in [5.74, 6) is -2.20. The second-order valence-corrected chi connectivity index (χ2v) is 22.9. The number of aryl methyl sites for hydroxylation is 3. The lowest BCUT2D eigenvalue weighted by Gasteiger charge is -2.26. The van der Waals surface area contributed by atoms with Crippen LogP contribution >= 0.6 is 0 Å². The Balaban J connectivity index is 0.000000242. The molecule has 526 valence electrons. The summed E-state index contributed by atoms with van der Waals surface area (Å²) in [4.78, 5) is 45.8. The van der Waals surface area contributed by atoms with Crippen molar-refractivity contribution in [2.24, 2.45) is 0 Å². The molecular formula is C86H88F2N4O10. The summed E-state index contributed by atoms with van der Waals surface area (Å²) in [5, 5.41) is 66.2. The number of carbonyl (C=O) groups is 3. The molecule has 0 saturated carbocycles. The van der Waals surface area contributed by atoms with E-state index in [1.807, 2.05) is 105 Å². The van der Waals surface area contributed by atoms with Gasteiger partial charge in [-0.1, -0.05) is 109 Å². The number of hydrogen-bond acceptors (Lipinski definition) is 11. The number of aliphatic hydroxyl groups is 1. The number of benzene rings is 11. The van der Waals surface area contributed by atoms with Crippen molar-refractivity contribution in [2.45, 2.75) is 76.3 Å². The first-order chi connectivity index (χ1) is 47.5. The molecule has 0 aliphatic rings. The molecule has 0 radical (unpaired) electrons. The molecule has 16 heteroatoms. The maximum Gasteiger partial charge on any atom is 0.263 e. The number of para-hydroxylation sites is 1. The SMILES string of the molecule is C.C.C.C=C(O)/C=C\C(=C)N(C(=O)c1cccc(C)c1C)c1ccc(O)cc1.CCCc1ccc(C(=O)N(c2ccccc2)c2ccc(O)cc2)cc1.Cc1cccc(CN(c2ccc(O)cc2)c2ccc(O)cc2)c1C.O=C(c1ccc(O)c(F)c1)N(c1ccc(O)cc1)c1ccc(F)cc1. The van der Waals surface area contributed by atoms with E-state index in [1.165, 1.54) is 111 Å². The minimum atomic E-state index is -0.921. The molecule has 0 aliphatic heterocycles. The van der Waals surface area contributed by atoms with E-state index in [1.54, 1.807) is 71.6 Å². The number of allylic oxidation sites excluding steroid dienone is 2. The second kappa shape index (κ2) is 37.9. The molecule has 11 aromatic rings. The maximum atomic E-state index is 13.6. The van der Waals surface area contributed by atoms with Crippen LogP contribution in [0.3, 0.4) is 0 Å². The van der Waals surface area contributed by atoms with Crippen molar-refractivity contribution in [1.82, 2.24) is 0 Å². The third-order valence-electron chi connectivity index (χ3n) is 15.9. The average Bonchev–Trinajstić information content (AvgIpc) is 0.939. The predicted molar refractivity (Wildman–Crippen MR) is 410 cm³/mol. The number of phenolic OH excluding ortho intramolecular Hbond substituents is 6. The van der Waals surface area contributed by atoms with Gasteiger partial charge in [-0.25, -0.2) is 8.78 Å². The summed E-state index contributed by atoms with van der Waals surface area (Å²) in [5.41, 5.74) is 13.3. The topological polar surface area (TPSA) is 206 Å². The van der Waals surface area contributed by atoms with Gasteiger partial charge in [-0.05, 0) is 274 Å². The number of halogens is 2. The van der Waals surface area contributed by atoms with Crippen LogP contribution < -0.4 is 19.6 Å². The summed E-state index contributed by atoms with van der Waals surface area (Å²) < 4.78 is 26.8. The maximum absolute atomic E-state index is 13.6. The largest absolute Gasteiger partial charge is 0.509 e. The molecule has 102 heavy (non-hydrogen) atoms. The Bertz CT molecular complexity index is 4500. The van der Waals surface area contributed by atoms with Crippen LogP contribution in [0.2, 0.25) is 0 Å². The van der Waals surface area contributed by atoms with Crippen molar-refractivity contribution >= 4 is 57.5 Å². The monoisotopic (exact) mass is 1370 g/mol. The zero-order chi connectivity index (χ0) is 71.3. The number of amides is 3. The second-order valence-electron chi connectivity index (χ2n) is 22.9. The lowest BCUT2D eigenvalue weighted by molar-refractivity contribution is 0.0988. The van der Waals surface area contributed by atoms with Gasteiger partial charge in [0.2, 0.25) is 0 Å². The average molecular weight is 1380 g/mol. The van der Waals surface area contributed by atoms with Gasteiger partial charge < -0.3 is 40.6 Å². The summed E-state index contributed by atoms with van der Waals surface area (Å²) in [7, 11) is 0. The van der Waals surface area contributed by atoms with E-state index in [9.17, 15) is 58.9 Å². The predicted octanol–water partition coefficient (Wildman–Crippen LogP) is 21.4. The van der Waals surface area contributed by atoms with Crippen molar-refractivity contribution < 1.29 is 58.9 Å². The first-order valence-electron chi connectivity index (χ1n) is 31.5. The van der Waals surface area contributed by atoms with Gasteiger partial charge in [0.1, 0.15) is 40.3 Å². The van der Waals surface area contributed by atoms with Crippen LogP contribution in [0.25, 0.3) is 0 Å². The quantitative estimate of drug-likeness (QED) is 0.0337. The molecule has 0 saturated heterocycles. The third-order valence-corrected chi connectivity index (χ3v) is 15.9. The Morgan fingerprint density at radius 1 is 0.422 bits per heavy atom. The number of rotatable bonds is 17. The van der Waals surface area contributed by atoms with Crippen LogP contribution in [-0.2, 0) is 13.0 Å². The molecule has 11 rings (SSSR count). The standard InChI is InChI=1S/C22H21NO2.C21H21NO3.C21H21NO2.C19H13F2NO3.3CH4/c1-2-6-17-9-11-18(12-10-17)22(25)23(19-7-4-3-5-8-19)20-13-15-21(24)16-14-20;1-14-6-5-7-20(17(14)4)21(25)22(15(2)8-9-16(3)23)18-10-12-19(24)13-11-18;1-15-4-3-5-17(16(15)2)14-22(18-6-10-20(23)11-7-18)19-8-12-21(24)13-9-19;20-13-2-4-14(5-3-13)22(15-6-8-16(23)9-7-15)19(25)12-1-10-18(24)17(21)11-12;;;/h3-5,7-16,24H,2,6H2,1H3;5-13,23-24H,2-3H2,1,4H3;3-13,23-24H,14H2,1-2H3;1-11,23-24H;3*1H4/b;9-8-;;;;;. The number of phenols is 6. The Kier molecular flexibility index (Phi) is 29.7. The van der Waals surface area contributed by atoms with Gasteiger partial charge in [0.25, 0.3) is 17.7 Å². The van der Waals surface area contributed by atoms with E-state index in [2.05, 4.69) is 57.0 Å². The first-order valence-corrected chi connectivity index (χ1v) is 31.5. The van der Waals surface area contributed by atoms with Crippen LogP contribution in [0, 0.1) is 39.3 Å². The fourth-order valence-electron chi connectivity index (χ4n) is 10.3. The Labute approximate surface area is 597 Å². The van der Waals surface area contributed by atoms with Crippen molar-refractivity contribution in [3.8, 4) is 34.5 Å². The van der Waals surface area contributed by atoms with Crippen LogP contribution in [0.1, 0.15) is 100 Å². The molecule has 0 heterocycles. The summed E-state index contributed by atoms with van der Waals surface area (Å²) in [6.07, 6.45) is 4.97. The smallest absolute Gasteiger partial charge is 0.263 e. The molecule has 11 aromatic carbocycles. The molecular weight excluding hydrogens is 1290 g/mol. The van der Waals surface area contributed by atoms with Gasteiger partial charge in [-0.15, -0.1) is 0 Å². The van der Waals surface area contributed by atoms with Crippen molar-refractivity contribution in [2.75, 3.05) is 19.6 Å². The number of aliphatic hydroxyl groups excluding tert-OH is 1. The zero-order valence-electron chi connectivity index (χ0n) is 55.3. The zero-order valence-corrected chi connectivity index (χ0v) is 55.3. The fraction of sp³-hybridized carbons (Fsp3) is 0.128. The molecule has 3 amide bonds. The lowest BCUT2D eigenvalue weighted by atomic mass is 10.0. The van der Waals surface area contributed by atoms with E-state index in [-0.39, 0.29) is 74.2 Å². The lowest BCUT2D eigenvalue weighted by Crippen LogP contribution is -2.29. The summed E-state index contributed by atoms with van der Waals surface area (Å²) >= 11 is 0. The third kappa shape index (κ3) is 21.4. The molecule has 0 atom stereocenters. The number of anilines is 7. The van der Waals surface area contributed by atoms with E-state index in [4.69, 9.17) is 0 Å². The van der Waals surface area contributed by atoms with E-state index in [0.717, 1.165) is 53.2 Å². The van der Waals surface area contributed by atoms with Gasteiger partial charge in [0.05, 0.1) is 0 Å². The van der Waals surface area contributed by atoms with E-state index in [0.29, 0.717) is 46.1 Å². The number of nitrogens with zero attached hydrogens (tertiary/aromatic N) is 4. The van der Waals surface area contributed by atoms with Gasteiger partial charge in [-0.3, -0.25) is 29.1 Å². The van der Waals surface area contributed by atoms with Crippen LogP contribution in [0.15, 0.2) is 292 Å². The Morgan fingerprint density at radius 3 is 1.27 bits per heavy atom. The molecule has 0 aromatic heterocycles. The number of hydrogen-bond donors (Lipinski definition) is 7. The molecule has 0 bridgehead atoms. The Hall–Kier alpha value is -12.7. The molecule has 0 spiro atoms. The minimum absolute atomic E-state index is 0. The summed E-state index contributed by atoms with van der Waals surface area (Å²) in [6.45, 7) is 18.3. The molecule has 0 unspecified atom stereocenters. The molecule has 7 N–H and O–H groups in total. The van der Waals surface area contributed by atoms with Crippen LogP contribution in [0.4, 0.5) is 48.6 Å². The van der Waals surface area contributed by atoms with Gasteiger partial charge in [0.15, 0.2) is 11.6 Å². The highest BCUT2D eigenvalue weighted by molar-refractivity contribution is 6.12. The van der Waals surface area contributed by atoms with Crippen molar-refractivity contribution in [1.29, 1.82) is 0 Å². The van der Waals surface area contributed by atoms with Gasteiger partial charge in [-0.2, -0.15) is 0 Å². The molecule has 0 aliphatic carbocycles. The minimum Gasteiger partial charge on any atom is -0.509 e. The van der Waals surface area contributed by atoms with Crippen LogP contribution in [-0.4, -0.2) is 53.5 Å². The fourth-order valence-corrected chi connectivity index (χ4v) is 10.3. The van der Waals surface area contributed by atoms with E-state index < -0.39 is 23.3 Å². The molecule has 0 fully saturated rings. The highest BCUT2D eigenvalue weighted by Crippen LogP contribution is 2.35. The van der Waals surface area contributed by atoms with Gasteiger partial charge in [0, 0.05) is 68.7 Å². The van der Waals surface area contributed by atoms with Crippen LogP contribution in [0.5, 0.6) is 34.5 Å². The first kappa shape index (κ1) is 80.0. The van der Waals surface area contributed by atoms with Crippen molar-refractivity contribution in [3.63, 3.8) is 0 Å².